The Balaban J connectivity index is 1.61. The van der Waals surface area contributed by atoms with Crippen LogP contribution in [0.4, 0.5) is 14.6 Å². The fraction of sp³-hybridized carbons (Fsp3) is 0.367. The van der Waals surface area contributed by atoms with Crippen molar-refractivity contribution in [2.24, 2.45) is 5.92 Å². The second-order valence-corrected chi connectivity index (χ2v) is 9.88. The molecule has 200 valence electrons. The van der Waals surface area contributed by atoms with E-state index in [1.807, 2.05) is 49.1 Å². The van der Waals surface area contributed by atoms with E-state index in [2.05, 4.69) is 10.3 Å². The summed E-state index contributed by atoms with van der Waals surface area (Å²) < 4.78 is 33.0. The number of nitrogens with zero attached hydrogens (tertiary/aromatic N) is 3. The van der Waals surface area contributed by atoms with E-state index in [-0.39, 0.29) is 24.5 Å². The molecular formula is C30H34F2N4O2. The summed E-state index contributed by atoms with van der Waals surface area (Å²) in [5.74, 6) is -0.787. The summed E-state index contributed by atoms with van der Waals surface area (Å²) in [6.07, 6.45) is 8.20. The van der Waals surface area contributed by atoms with Crippen LogP contribution in [0.15, 0.2) is 72.2 Å². The van der Waals surface area contributed by atoms with Gasteiger partial charge in [0.05, 0.1) is 24.5 Å². The van der Waals surface area contributed by atoms with Gasteiger partial charge >= 0.3 is 0 Å². The molecule has 1 amide bonds. The van der Waals surface area contributed by atoms with Gasteiger partial charge in [-0.05, 0) is 80.5 Å². The number of carbonyl (C=O) groups is 1. The third-order valence-corrected chi connectivity index (χ3v) is 6.65. The van der Waals surface area contributed by atoms with Crippen LogP contribution in [-0.4, -0.2) is 22.0 Å². The molecule has 4 rings (SSSR count). The minimum Gasteiger partial charge on any atom is -0.489 e. The molecule has 1 fully saturated rings. The van der Waals surface area contributed by atoms with Crippen LogP contribution in [0, 0.1) is 17.6 Å². The van der Waals surface area contributed by atoms with Crippen LogP contribution in [0.25, 0.3) is 0 Å². The van der Waals surface area contributed by atoms with Crippen LogP contribution >= 0.6 is 0 Å². The van der Waals surface area contributed by atoms with E-state index in [1.54, 1.807) is 19.3 Å². The fourth-order valence-corrected chi connectivity index (χ4v) is 4.77. The number of pyridine rings is 2. The van der Waals surface area contributed by atoms with Crippen molar-refractivity contribution in [3.63, 3.8) is 0 Å². The maximum atomic E-state index is 13.6. The van der Waals surface area contributed by atoms with Crippen LogP contribution in [0.1, 0.15) is 57.7 Å². The highest BCUT2D eigenvalue weighted by Gasteiger charge is 2.24. The first kappa shape index (κ1) is 27.2. The smallest absolute Gasteiger partial charge is 0.248 e. The minimum absolute atomic E-state index is 0.0241. The topological polar surface area (TPSA) is 67.4 Å². The molecule has 1 aliphatic carbocycles. The van der Waals surface area contributed by atoms with Crippen molar-refractivity contribution in [2.45, 2.75) is 65.6 Å². The molecule has 0 atom stereocenters. The highest BCUT2D eigenvalue weighted by Crippen LogP contribution is 2.30. The predicted octanol–water partition coefficient (Wildman–Crippen LogP) is 6.33. The monoisotopic (exact) mass is 520 g/mol. The van der Waals surface area contributed by atoms with Gasteiger partial charge in [0, 0.05) is 24.0 Å². The molecule has 0 unspecified atom stereocenters. The molecule has 2 aromatic heterocycles. The molecule has 0 bridgehead atoms. The molecule has 6 nitrogen and oxygen atoms in total. The summed E-state index contributed by atoms with van der Waals surface area (Å²) in [6, 6.07) is 13.1. The summed E-state index contributed by atoms with van der Waals surface area (Å²) >= 11 is 0. The number of amides is 1. The Bertz CT molecular complexity index is 1260. The number of carbonyl (C=O) groups excluding carboxylic acids is 1. The summed E-state index contributed by atoms with van der Waals surface area (Å²) in [4.78, 5) is 24.4. The van der Waals surface area contributed by atoms with Gasteiger partial charge in [0.1, 0.15) is 11.6 Å². The number of nitrogens with one attached hydrogen (secondary N) is 1. The number of hydrogen-bond donors (Lipinski definition) is 1. The number of allylic oxidation sites excluding steroid dienone is 1. The van der Waals surface area contributed by atoms with Gasteiger partial charge in [-0.25, -0.2) is 13.8 Å². The van der Waals surface area contributed by atoms with Gasteiger partial charge in [0.15, 0.2) is 11.6 Å². The van der Waals surface area contributed by atoms with E-state index in [9.17, 15) is 13.6 Å². The molecule has 2 heterocycles. The van der Waals surface area contributed by atoms with Gasteiger partial charge in [0.2, 0.25) is 5.91 Å². The lowest BCUT2D eigenvalue weighted by molar-refractivity contribution is -0.117. The van der Waals surface area contributed by atoms with E-state index >= 15 is 0 Å². The van der Waals surface area contributed by atoms with Crippen LogP contribution in [-0.2, 0) is 17.9 Å². The molecular weight excluding hydrogens is 486 g/mol. The van der Waals surface area contributed by atoms with Gasteiger partial charge in [-0.15, -0.1) is 0 Å². The zero-order chi connectivity index (χ0) is 27.1. The molecule has 1 aromatic carbocycles. The number of hydrogen-bond acceptors (Lipinski definition) is 5. The largest absolute Gasteiger partial charge is 0.489 e. The number of rotatable bonds is 10. The molecule has 1 N–H and O–H groups in total. The Hall–Kier alpha value is -3.81. The van der Waals surface area contributed by atoms with Crippen LogP contribution in [0.2, 0.25) is 0 Å². The maximum Gasteiger partial charge on any atom is 0.248 e. The maximum absolute atomic E-state index is 13.6. The Morgan fingerprint density at radius 3 is 2.50 bits per heavy atom. The molecule has 1 saturated carbocycles. The normalized spacial score (nSPS) is 14.4. The summed E-state index contributed by atoms with van der Waals surface area (Å²) in [5.41, 5.74) is 2.59. The first-order valence-electron chi connectivity index (χ1n) is 13.0. The quantitative estimate of drug-likeness (QED) is 0.317. The van der Waals surface area contributed by atoms with Crippen molar-refractivity contribution in [1.29, 1.82) is 0 Å². The lowest BCUT2D eigenvalue weighted by atomic mass is 10.0. The predicted molar refractivity (Wildman–Crippen MR) is 143 cm³/mol. The van der Waals surface area contributed by atoms with E-state index in [0.717, 1.165) is 42.1 Å². The molecule has 0 aliphatic heterocycles. The van der Waals surface area contributed by atoms with Crippen molar-refractivity contribution >= 4 is 11.7 Å². The van der Waals surface area contributed by atoms with Crippen molar-refractivity contribution in [1.82, 2.24) is 15.3 Å². The number of benzene rings is 1. The van der Waals surface area contributed by atoms with Crippen molar-refractivity contribution in [3.8, 4) is 5.75 Å². The Morgan fingerprint density at radius 2 is 1.87 bits per heavy atom. The SMILES string of the molecule is C/C(C(=O)NCc1ccc(F)c(F)c1)=C(/C(C)C)N(Cc1ccccn1)c1ccc(OC2CCCC2)cn1. The Labute approximate surface area is 222 Å². The first-order chi connectivity index (χ1) is 18.3. The molecule has 0 spiro atoms. The van der Waals surface area contributed by atoms with Gasteiger partial charge in [-0.1, -0.05) is 26.0 Å². The standard InChI is InChI=1S/C30H34F2N4O2/c1-20(2)29(21(3)30(37)35-17-22-11-13-26(31)27(32)16-22)36(19-23-8-6-7-15-33-23)28-14-12-25(18-34-28)38-24-9-4-5-10-24/h6-8,11-16,18,20,24H,4-5,9-10,17,19H2,1-3H3,(H,35,37)/b29-21+. The highest BCUT2D eigenvalue weighted by molar-refractivity contribution is 5.94. The van der Waals surface area contributed by atoms with Crippen molar-refractivity contribution in [3.05, 3.63) is 95.1 Å². The molecule has 8 heteroatoms. The molecule has 38 heavy (non-hydrogen) atoms. The lowest BCUT2D eigenvalue weighted by Gasteiger charge is -2.30. The molecule has 1 aliphatic rings. The average Bonchev–Trinajstić information content (AvgIpc) is 3.42. The molecule has 0 saturated heterocycles. The Kier molecular flexibility index (Phi) is 9.05. The lowest BCUT2D eigenvalue weighted by Crippen LogP contribution is -2.32. The van der Waals surface area contributed by atoms with E-state index in [1.165, 1.54) is 18.9 Å². The summed E-state index contributed by atoms with van der Waals surface area (Å²) in [5, 5.41) is 2.83. The van der Waals surface area contributed by atoms with Gasteiger partial charge in [-0.3, -0.25) is 9.78 Å². The van der Waals surface area contributed by atoms with Crippen LogP contribution < -0.4 is 15.0 Å². The minimum atomic E-state index is -0.945. The number of halogens is 2. The van der Waals surface area contributed by atoms with Crippen molar-refractivity contribution in [2.75, 3.05) is 4.90 Å². The zero-order valence-corrected chi connectivity index (χ0v) is 22.1. The fourth-order valence-electron chi connectivity index (χ4n) is 4.77. The molecule has 0 radical (unpaired) electrons. The van der Waals surface area contributed by atoms with Crippen molar-refractivity contribution < 1.29 is 18.3 Å². The van der Waals surface area contributed by atoms with E-state index < -0.39 is 11.6 Å². The van der Waals surface area contributed by atoms with Gasteiger partial charge in [-0.2, -0.15) is 0 Å². The van der Waals surface area contributed by atoms with Gasteiger partial charge < -0.3 is 15.0 Å². The highest BCUT2D eigenvalue weighted by atomic mass is 19.2. The number of anilines is 1. The number of aromatic nitrogens is 2. The average molecular weight is 521 g/mol. The third kappa shape index (κ3) is 6.94. The van der Waals surface area contributed by atoms with E-state index in [4.69, 9.17) is 9.72 Å². The van der Waals surface area contributed by atoms with Crippen LogP contribution in [0.5, 0.6) is 5.75 Å². The second kappa shape index (κ2) is 12.6. The van der Waals surface area contributed by atoms with Gasteiger partial charge in [0.25, 0.3) is 0 Å². The third-order valence-electron chi connectivity index (χ3n) is 6.65. The summed E-state index contributed by atoms with van der Waals surface area (Å²) in [7, 11) is 0. The number of ether oxygens (including phenoxy) is 1. The zero-order valence-electron chi connectivity index (χ0n) is 22.1. The van der Waals surface area contributed by atoms with Crippen LogP contribution in [0.3, 0.4) is 0 Å². The first-order valence-corrected chi connectivity index (χ1v) is 13.0. The second-order valence-electron chi connectivity index (χ2n) is 9.88. The summed E-state index contributed by atoms with van der Waals surface area (Å²) in [6.45, 7) is 6.29. The Morgan fingerprint density at radius 1 is 1.08 bits per heavy atom. The van der Waals surface area contributed by atoms with E-state index in [0.29, 0.717) is 23.5 Å². The molecule has 3 aromatic rings.